The molecule has 1 aromatic heterocycles. The number of aromatic amines is 1. The zero-order valence-electron chi connectivity index (χ0n) is 13.7. The molecule has 0 saturated heterocycles. The molecule has 0 aliphatic carbocycles. The van der Waals surface area contributed by atoms with Gasteiger partial charge in [-0.25, -0.2) is 4.98 Å². The van der Waals surface area contributed by atoms with E-state index in [9.17, 15) is 9.59 Å². The minimum Gasteiger partial charge on any atom is -0.368 e. The average molecular weight is 336 g/mol. The van der Waals surface area contributed by atoms with Crippen LogP contribution in [-0.4, -0.2) is 27.8 Å². The van der Waals surface area contributed by atoms with E-state index in [1.807, 2.05) is 54.6 Å². The fourth-order valence-corrected chi connectivity index (χ4v) is 2.70. The van der Waals surface area contributed by atoms with Crippen LogP contribution in [0.25, 0.3) is 11.0 Å². The summed E-state index contributed by atoms with van der Waals surface area (Å²) in [5, 5.41) is 2.71. The van der Waals surface area contributed by atoms with Crippen LogP contribution in [0.5, 0.6) is 0 Å². The van der Waals surface area contributed by atoms with Gasteiger partial charge in [0.1, 0.15) is 11.9 Å². The molecule has 2 aromatic carbocycles. The van der Waals surface area contributed by atoms with Crippen molar-refractivity contribution in [1.29, 1.82) is 0 Å². The summed E-state index contributed by atoms with van der Waals surface area (Å²) in [6.07, 6.45) is 1.09. The summed E-state index contributed by atoms with van der Waals surface area (Å²) >= 11 is 0. The Morgan fingerprint density at radius 3 is 2.52 bits per heavy atom. The standard InChI is InChI=1S/C19H20N4O2/c20-19(25)16(12-13-6-2-1-3-7-13)23-18(24)11-10-17-21-14-8-4-5-9-15(14)22-17/h1-9,16H,10-12H2,(H2,20,25)(H,21,22)(H,23,24)/t16-/m1/s1. The molecular formula is C19H20N4O2. The Morgan fingerprint density at radius 2 is 1.80 bits per heavy atom. The first-order valence-electron chi connectivity index (χ1n) is 8.18. The van der Waals surface area contributed by atoms with E-state index in [0.717, 1.165) is 22.4 Å². The number of benzene rings is 2. The van der Waals surface area contributed by atoms with Gasteiger partial charge in [-0.3, -0.25) is 9.59 Å². The number of rotatable bonds is 7. The fraction of sp³-hybridized carbons (Fsp3) is 0.211. The molecule has 0 saturated carbocycles. The van der Waals surface area contributed by atoms with Crippen molar-refractivity contribution in [2.24, 2.45) is 5.73 Å². The van der Waals surface area contributed by atoms with Gasteiger partial charge in [0, 0.05) is 19.3 Å². The Hall–Kier alpha value is -3.15. The van der Waals surface area contributed by atoms with Gasteiger partial charge in [-0.1, -0.05) is 42.5 Å². The first kappa shape index (κ1) is 16.7. The number of amides is 2. The second-order valence-electron chi connectivity index (χ2n) is 5.91. The van der Waals surface area contributed by atoms with Gasteiger partial charge in [0.2, 0.25) is 11.8 Å². The van der Waals surface area contributed by atoms with Crippen molar-refractivity contribution in [3.05, 3.63) is 66.0 Å². The number of carbonyl (C=O) groups excluding carboxylic acids is 2. The molecule has 0 bridgehead atoms. The first-order chi connectivity index (χ1) is 12.1. The number of hydrogen-bond donors (Lipinski definition) is 3. The van der Waals surface area contributed by atoms with Gasteiger partial charge in [-0.15, -0.1) is 0 Å². The Bertz CT molecular complexity index is 840. The molecule has 128 valence electrons. The number of aromatic nitrogens is 2. The molecule has 6 heteroatoms. The lowest BCUT2D eigenvalue weighted by Gasteiger charge is -2.15. The van der Waals surface area contributed by atoms with Crippen LogP contribution in [0.4, 0.5) is 0 Å². The molecule has 0 unspecified atom stereocenters. The van der Waals surface area contributed by atoms with Crippen LogP contribution >= 0.6 is 0 Å². The first-order valence-corrected chi connectivity index (χ1v) is 8.18. The van der Waals surface area contributed by atoms with Crippen LogP contribution in [0, 0.1) is 0 Å². The largest absolute Gasteiger partial charge is 0.368 e. The fourth-order valence-electron chi connectivity index (χ4n) is 2.70. The number of imidazole rings is 1. The number of para-hydroxylation sites is 2. The van der Waals surface area contributed by atoms with E-state index in [2.05, 4.69) is 15.3 Å². The van der Waals surface area contributed by atoms with Gasteiger partial charge in [0.25, 0.3) is 0 Å². The molecule has 0 fully saturated rings. The van der Waals surface area contributed by atoms with E-state index in [0.29, 0.717) is 12.8 Å². The molecule has 3 aromatic rings. The SMILES string of the molecule is NC(=O)[C@@H](Cc1ccccc1)NC(=O)CCc1nc2ccccc2[nH]1. The molecule has 0 aliphatic rings. The van der Waals surface area contributed by atoms with Crippen LogP contribution in [0.1, 0.15) is 17.8 Å². The molecule has 3 rings (SSSR count). The zero-order valence-corrected chi connectivity index (χ0v) is 13.7. The summed E-state index contributed by atoms with van der Waals surface area (Å²) < 4.78 is 0. The number of nitrogens with zero attached hydrogens (tertiary/aromatic N) is 1. The van der Waals surface area contributed by atoms with E-state index < -0.39 is 11.9 Å². The predicted octanol–water partition coefficient (Wildman–Crippen LogP) is 1.71. The Morgan fingerprint density at radius 1 is 1.08 bits per heavy atom. The van der Waals surface area contributed by atoms with Crippen molar-refractivity contribution in [3.8, 4) is 0 Å². The zero-order chi connectivity index (χ0) is 17.6. The lowest BCUT2D eigenvalue weighted by Crippen LogP contribution is -2.45. The van der Waals surface area contributed by atoms with Gasteiger partial charge in [-0.05, 0) is 17.7 Å². The summed E-state index contributed by atoms with van der Waals surface area (Å²) in [5.41, 5.74) is 8.18. The molecular weight excluding hydrogens is 316 g/mol. The Labute approximate surface area is 145 Å². The number of nitrogens with one attached hydrogen (secondary N) is 2. The quantitative estimate of drug-likeness (QED) is 0.612. The van der Waals surface area contributed by atoms with Crippen molar-refractivity contribution >= 4 is 22.8 Å². The highest BCUT2D eigenvalue weighted by molar-refractivity contribution is 5.86. The molecule has 4 N–H and O–H groups in total. The molecule has 25 heavy (non-hydrogen) atoms. The van der Waals surface area contributed by atoms with Gasteiger partial charge in [0.15, 0.2) is 0 Å². The molecule has 1 atom stereocenters. The highest BCUT2D eigenvalue weighted by Crippen LogP contribution is 2.11. The Balaban J connectivity index is 1.57. The summed E-state index contributed by atoms with van der Waals surface area (Å²) in [7, 11) is 0. The number of H-pyrrole nitrogens is 1. The summed E-state index contributed by atoms with van der Waals surface area (Å²) in [4.78, 5) is 31.4. The van der Waals surface area contributed by atoms with Crippen LogP contribution in [0.15, 0.2) is 54.6 Å². The van der Waals surface area contributed by atoms with Crippen molar-refractivity contribution in [1.82, 2.24) is 15.3 Å². The summed E-state index contributed by atoms with van der Waals surface area (Å²) in [5.74, 6) is -0.0174. The Kier molecular flexibility index (Phi) is 5.09. The van der Waals surface area contributed by atoms with Gasteiger partial charge >= 0.3 is 0 Å². The average Bonchev–Trinajstić information content (AvgIpc) is 3.03. The lowest BCUT2D eigenvalue weighted by molar-refractivity contribution is -0.127. The predicted molar refractivity (Wildman–Crippen MR) is 95.7 cm³/mol. The van der Waals surface area contributed by atoms with E-state index >= 15 is 0 Å². The van der Waals surface area contributed by atoms with Gasteiger partial charge in [-0.2, -0.15) is 0 Å². The molecule has 1 heterocycles. The van der Waals surface area contributed by atoms with E-state index in [1.165, 1.54) is 0 Å². The number of fused-ring (bicyclic) bond motifs is 1. The number of aryl methyl sites for hydroxylation is 1. The van der Waals surface area contributed by atoms with E-state index in [-0.39, 0.29) is 12.3 Å². The third kappa shape index (κ3) is 4.44. The maximum Gasteiger partial charge on any atom is 0.240 e. The van der Waals surface area contributed by atoms with Crippen LogP contribution in [-0.2, 0) is 22.4 Å². The van der Waals surface area contributed by atoms with Crippen molar-refractivity contribution in [2.75, 3.05) is 0 Å². The third-order valence-corrected chi connectivity index (χ3v) is 3.99. The maximum atomic E-state index is 12.2. The lowest BCUT2D eigenvalue weighted by atomic mass is 10.1. The van der Waals surface area contributed by atoms with Crippen LogP contribution in [0.2, 0.25) is 0 Å². The molecule has 0 radical (unpaired) electrons. The second kappa shape index (κ2) is 7.61. The molecule has 0 aliphatic heterocycles. The van der Waals surface area contributed by atoms with Gasteiger partial charge in [0.05, 0.1) is 11.0 Å². The van der Waals surface area contributed by atoms with Gasteiger partial charge < -0.3 is 16.0 Å². The number of nitrogens with two attached hydrogens (primary N) is 1. The van der Waals surface area contributed by atoms with Crippen LogP contribution in [0.3, 0.4) is 0 Å². The summed E-state index contributed by atoms with van der Waals surface area (Å²) in [6, 6.07) is 16.5. The number of hydrogen-bond acceptors (Lipinski definition) is 3. The highest BCUT2D eigenvalue weighted by Gasteiger charge is 2.18. The number of primary amides is 1. The van der Waals surface area contributed by atoms with E-state index in [4.69, 9.17) is 5.73 Å². The van der Waals surface area contributed by atoms with Crippen LogP contribution < -0.4 is 11.1 Å². The topological polar surface area (TPSA) is 101 Å². The normalized spacial score (nSPS) is 12.0. The van der Waals surface area contributed by atoms with E-state index in [1.54, 1.807) is 0 Å². The van der Waals surface area contributed by atoms with Crippen molar-refractivity contribution in [2.45, 2.75) is 25.3 Å². The monoisotopic (exact) mass is 336 g/mol. The maximum absolute atomic E-state index is 12.2. The number of carbonyl (C=O) groups is 2. The third-order valence-electron chi connectivity index (χ3n) is 3.99. The minimum absolute atomic E-state index is 0.222. The minimum atomic E-state index is -0.717. The summed E-state index contributed by atoms with van der Waals surface area (Å²) in [6.45, 7) is 0. The van der Waals surface area contributed by atoms with Crippen molar-refractivity contribution in [3.63, 3.8) is 0 Å². The second-order valence-corrected chi connectivity index (χ2v) is 5.91. The highest BCUT2D eigenvalue weighted by atomic mass is 16.2. The molecule has 0 spiro atoms. The molecule has 2 amide bonds. The van der Waals surface area contributed by atoms with Crippen molar-refractivity contribution < 1.29 is 9.59 Å². The molecule has 6 nitrogen and oxygen atoms in total. The smallest absolute Gasteiger partial charge is 0.240 e.